The van der Waals surface area contributed by atoms with Crippen molar-refractivity contribution in [3.05, 3.63) is 34.9 Å². The first kappa shape index (κ1) is 13.4. The van der Waals surface area contributed by atoms with Gasteiger partial charge in [-0.05, 0) is 50.3 Å². The van der Waals surface area contributed by atoms with Gasteiger partial charge in [0.25, 0.3) is 0 Å². The Morgan fingerprint density at radius 3 is 2.72 bits per heavy atom. The van der Waals surface area contributed by atoms with Gasteiger partial charge in [-0.2, -0.15) is 0 Å². The third-order valence-electron chi connectivity index (χ3n) is 3.54. The predicted octanol–water partition coefficient (Wildman–Crippen LogP) is 4.32. The summed E-state index contributed by atoms with van der Waals surface area (Å²) in [4.78, 5) is 12.1. The third-order valence-corrected chi connectivity index (χ3v) is 3.77. The highest BCUT2D eigenvalue weighted by Gasteiger charge is 2.22. The summed E-state index contributed by atoms with van der Waals surface area (Å²) in [7, 11) is 0. The standard InChI is InChI=1S/C15H19ClO2/c1-11(12-6-5-7-13(16)10-12)15(17)18-14-8-3-2-4-9-14/h5-7,10-11,14H,2-4,8-9H2,1H3. The smallest absolute Gasteiger partial charge is 0.313 e. The molecule has 1 unspecified atom stereocenters. The van der Waals surface area contributed by atoms with E-state index in [-0.39, 0.29) is 18.0 Å². The Labute approximate surface area is 113 Å². The Morgan fingerprint density at radius 2 is 2.06 bits per heavy atom. The van der Waals surface area contributed by atoms with Crippen LogP contribution in [-0.2, 0) is 9.53 Å². The molecule has 0 bridgehead atoms. The van der Waals surface area contributed by atoms with Gasteiger partial charge in [0, 0.05) is 5.02 Å². The minimum Gasteiger partial charge on any atom is -0.462 e. The maximum atomic E-state index is 12.1. The molecule has 18 heavy (non-hydrogen) atoms. The normalized spacial score (nSPS) is 18.3. The predicted molar refractivity (Wildman–Crippen MR) is 72.8 cm³/mol. The van der Waals surface area contributed by atoms with E-state index in [9.17, 15) is 4.79 Å². The molecule has 1 saturated carbocycles. The van der Waals surface area contributed by atoms with Gasteiger partial charge in [0.1, 0.15) is 6.10 Å². The summed E-state index contributed by atoms with van der Waals surface area (Å²) in [5.74, 6) is -0.380. The van der Waals surface area contributed by atoms with Crippen LogP contribution in [0.5, 0.6) is 0 Å². The highest BCUT2D eigenvalue weighted by molar-refractivity contribution is 6.30. The molecule has 0 radical (unpaired) electrons. The van der Waals surface area contributed by atoms with Crippen LogP contribution in [0.2, 0.25) is 5.02 Å². The van der Waals surface area contributed by atoms with Crippen molar-refractivity contribution >= 4 is 17.6 Å². The molecule has 1 fully saturated rings. The van der Waals surface area contributed by atoms with Gasteiger partial charge < -0.3 is 4.74 Å². The first-order chi connectivity index (χ1) is 8.66. The molecule has 1 atom stereocenters. The number of hydrogen-bond acceptors (Lipinski definition) is 2. The molecule has 0 amide bonds. The Balaban J connectivity index is 1.95. The molecule has 1 aromatic carbocycles. The van der Waals surface area contributed by atoms with E-state index in [1.165, 1.54) is 19.3 Å². The Hall–Kier alpha value is -1.02. The van der Waals surface area contributed by atoms with Crippen molar-refractivity contribution in [3.8, 4) is 0 Å². The van der Waals surface area contributed by atoms with Gasteiger partial charge in [-0.1, -0.05) is 30.2 Å². The molecule has 3 heteroatoms. The van der Waals surface area contributed by atoms with Gasteiger partial charge >= 0.3 is 5.97 Å². The molecule has 0 N–H and O–H groups in total. The quantitative estimate of drug-likeness (QED) is 0.762. The van der Waals surface area contributed by atoms with E-state index < -0.39 is 0 Å². The number of halogens is 1. The summed E-state index contributed by atoms with van der Waals surface area (Å²) in [5.41, 5.74) is 0.920. The second kappa shape index (κ2) is 6.24. The number of hydrogen-bond donors (Lipinski definition) is 0. The zero-order valence-electron chi connectivity index (χ0n) is 10.7. The maximum Gasteiger partial charge on any atom is 0.313 e. The number of ether oxygens (including phenoxy) is 1. The minimum atomic E-state index is -0.245. The fourth-order valence-electron chi connectivity index (χ4n) is 2.36. The van der Waals surface area contributed by atoms with Crippen LogP contribution in [0, 0.1) is 0 Å². The number of esters is 1. The van der Waals surface area contributed by atoms with E-state index in [1.54, 1.807) is 0 Å². The lowest BCUT2D eigenvalue weighted by atomic mass is 9.97. The van der Waals surface area contributed by atoms with E-state index in [0.717, 1.165) is 18.4 Å². The lowest BCUT2D eigenvalue weighted by Crippen LogP contribution is -2.23. The number of carbonyl (C=O) groups is 1. The van der Waals surface area contributed by atoms with E-state index in [1.807, 2.05) is 31.2 Å². The Morgan fingerprint density at radius 1 is 1.33 bits per heavy atom. The first-order valence-electron chi connectivity index (χ1n) is 6.63. The van der Waals surface area contributed by atoms with E-state index in [2.05, 4.69) is 0 Å². The maximum absolute atomic E-state index is 12.1. The molecule has 1 aromatic rings. The van der Waals surface area contributed by atoms with Crippen LogP contribution in [0.1, 0.15) is 50.5 Å². The summed E-state index contributed by atoms with van der Waals surface area (Å²) < 4.78 is 5.57. The zero-order chi connectivity index (χ0) is 13.0. The fraction of sp³-hybridized carbons (Fsp3) is 0.533. The number of rotatable bonds is 3. The summed E-state index contributed by atoms with van der Waals surface area (Å²) in [6.07, 6.45) is 5.74. The molecule has 0 aromatic heterocycles. The molecule has 0 aliphatic heterocycles. The van der Waals surface area contributed by atoms with Crippen LogP contribution < -0.4 is 0 Å². The van der Waals surface area contributed by atoms with Crippen molar-refractivity contribution < 1.29 is 9.53 Å². The van der Waals surface area contributed by atoms with E-state index >= 15 is 0 Å². The molecule has 1 aliphatic carbocycles. The topological polar surface area (TPSA) is 26.3 Å². The van der Waals surface area contributed by atoms with Crippen LogP contribution in [0.4, 0.5) is 0 Å². The minimum absolute atomic E-state index is 0.118. The summed E-state index contributed by atoms with van der Waals surface area (Å²) in [5, 5.41) is 0.657. The average Bonchev–Trinajstić information content (AvgIpc) is 2.39. The van der Waals surface area contributed by atoms with E-state index in [0.29, 0.717) is 5.02 Å². The zero-order valence-corrected chi connectivity index (χ0v) is 11.5. The highest BCUT2D eigenvalue weighted by Crippen LogP contribution is 2.25. The van der Waals surface area contributed by atoms with Crippen molar-refractivity contribution in [2.45, 2.75) is 51.0 Å². The van der Waals surface area contributed by atoms with Crippen molar-refractivity contribution in [3.63, 3.8) is 0 Å². The fourth-order valence-corrected chi connectivity index (χ4v) is 2.56. The number of carbonyl (C=O) groups excluding carboxylic acids is 1. The van der Waals surface area contributed by atoms with Crippen molar-refractivity contribution in [2.24, 2.45) is 0 Å². The second-order valence-corrected chi connectivity index (χ2v) is 5.41. The van der Waals surface area contributed by atoms with Crippen molar-refractivity contribution in [1.82, 2.24) is 0 Å². The van der Waals surface area contributed by atoms with Crippen molar-refractivity contribution in [1.29, 1.82) is 0 Å². The van der Waals surface area contributed by atoms with Gasteiger partial charge in [0.2, 0.25) is 0 Å². The van der Waals surface area contributed by atoms with Crippen LogP contribution in [0.15, 0.2) is 24.3 Å². The van der Waals surface area contributed by atoms with Crippen LogP contribution >= 0.6 is 11.6 Å². The molecule has 98 valence electrons. The van der Waals surface area contributed by atoms with Crippen molar-refractivity contribution in [2.75, 3.05) is 0 Å². The largest absolute Gasteiger partial charge is 0.462 e. The molecular weight excluding hydrogens is 248 g/mol. The highest BCUT2D eigenvalue weighted by atomic mass is 35.5. The molecule has 2 nitrogen and oxygen atoms in total. The van der Waals surface area contributed by atoms with Crippen LogP contribution in [0.25, 0.3) is 0 Å². The monoisotopic (exact) mass is 266 g/mol. The van der Waals surface area contributed by atoms with Crippen LogP contribution in [0.3, 0.4) is 0 Å². The molecule has 0 saturated heterocycles. The molecule has 0 spiro atoms. The second-order valence-electron chi connectivity index (χ2n) is 4.97. The lowest BCUT2D eigenvalue weighted by Gasteiger charge is -2.23. The first-order valence-corrected chi connectivity index (χ1v) is 7.00. The summed E-state index contributed by atoms with van der Waals surface area (Å²) >= 11 is 5.93. The van der Waals surface area contributed by atoms with Gasteiger partial charge in [0.15, 0.2) is 0 Å². The lowest BCUT2D eigenvalue weighted by molar-refractivity contribution is -0.151. The molecule has 0 heterocycles. The Bertz CT molecular complexity index is 411. The Kier molecular flexibility index (Phi) is 4.65. The SMILES string of the molecule is CC(C(=O)OC1CCCCC1)c1cccc(Cl)c1. The van der Waals surface area contributed by atoms with Gasteiger partial charge in [-0.15, -0.1) is 0 Å². The summed E-state index contributed by atoms with van der Waals surface area (Å²) in [6, 6.07) is 7.42. The van der Waals surface area contributed by atoms with Crippen LogP contribution in [-0.4, -0.2) is 12.1 Å². The van der Waals surface area contributed by atoms with Gasteiger partial charge in [-0.25, -0.2) is 0 Å². The molecule has 2 rings (SSSR count). The molecule has 1 aliphatic rings. The molecular formula is C15H19ClO2. The van der Waals surface area contributed by atoms with Gasteiger partial charge in [-0.3, -0.25) is 4.79 Å². The number of benzene rings is 1. The average molecular weight is 267 g/mol. The van der Waals surface area contributed by atoms with E-state index in [4.69, 9.17) is 16.3 Å². The van der Waals surface area contributed by atoms with Gasteiger partial charge in [0.05, 0.1) is 5.92 Å². The third kappa shape index (κ3) is 3.49. The summed E-state index contributed by atoms with van der Waals surface area (Å²) in [6.45, 7) is 1.87.